The Hall–Kier alpha value is -3.12. The molecule has 0 amide bonds. The summed E-state index contributed by atoms with van der Waals surface area (Å²) < 4.78 is 29.8. The van der Waals surface area contributed by atoms with Gasteiger partial charge in [0.1, 0.15) is 5.75 Å². The number of hydrogen-bond acceptors (Lipinski definition) is 4. The van der Waals surface area contributed by atoms with E-state index >= 15 is 0 Å². The van der Waals surface area contributed by atoms with E-state index in [2.05, 4.69) is 22.1 Å². The molecule has 0 aliphatic heterocycles. The summed E-state index contributed by atoms with van der Waals surface area (Å²) >= 11 is 0. The molecule has 27 heavy (non-hydrogen) atoms. The smallest absolute Gasteiger partial charge is 0.300 e. The summed E-state index contributed by atoms with van der Waals surface area (Å²) in [7, 11) is -3.26. The largest absolute Gasteiger partial charge is 0.426 e. The van der Waals surface area contributed by atoms with Gasteiger partial charge in [0.15, 0.2) is 9.84 Å². The SMILES string of the molecule is CCS(=O)(=O)c1ccc2nc(Oc3ccc(-c4ccccc4)cc3)[nH]c2c1. The minimum absolute atomic E-state index is 0.0593. The lowest BCUT2D eigenvalue weighted by Crippen LogP contribution is -2.03. The first kappa shape index (κ1) is 17.3. The van der Waals surface area contributed by atoms with Crippen molar-refractivity contribution in [2.75, 3.05) is 5.75 Å². The van der Waals surface area contributed by atoms with Crippen LogP contribution in [0, 0.1) is 0 Å². The van der Waals surface area contributed by atoms with Gasteiger partial charge in [-0.25, -0.2) is 8.42 Å². The maximum Gasteiger partial charge on any atom is 0.300 e. The highest BCUT2D eigenvalue weighted by atomic mass is 32.2. The molecule has 1 aromatic heterocycles. The number of aromatic nitrogens is 2. The third-order valence-corrected chi connectivity index (χ3v) is 6.08. The molecule has 0 saturated heterocycles. The van der Waals surface area contributed by atoms with Crippen LogP contribution < -0.4 is 4.74 Å². The predicted molar refractivity (Wildman–Crippen MR) is 106 cm³/mol. The molecule has 0 aliphatic carbocycles. The van der Waals surface area contributed by atoms with Crippen LogP contribution in [0.5, 0.6) is 11.8 Å². The minimum atomic E-state index is -3.26. The van der Waals surface area contributed by atoms with Gasteiger partial charge in [-0.05, 0) is 41.5 Å². The summed E-state index contributed by atoms with van der Waals surface area (Å²) in [6.45, 7) is 1.63. The molecule has 6 heteroatoms. The van der Waals surface area contributed by atoms with Crippen LogP contribution in [0.4, 0.5) is 0 Å². The van der Waals surface area contributed by atoms with Crippen molar-refractivity contribution in [3.8, 4) is 22.9 Å². The van der Waals surface area contributed by atoms with Crippen molar-refractivity contribution in [3.63, 3.8) is 0 Å². The minimum Gasteiger partial charge on any atom is -0.426 e. The van der Waals surface area contributed by atoms with E-state index in [9.17, 15) is 8.42 Å². The molecule has 3 aromatic carbocycles. The van der Waals surface area contributed by atoms with Crippen molar-refractivity contribution in [2.24, 2.45) is 0 Å². The summed E-state index contributed by atoms with van der Waals surface area (Å²) in [5, 5.41) is 0. The summed E-state index contributed by atoms with van der Waals surface area (Å²) in [5.74, 6) is 0.708. The van der Waals surface area contributed by atoms with Crippen molar-refractivity contribution in [2.45, 2.75) is 11.8 Å². The van der Waals surface area contributed by atoms with Gasteiger partial charge in [-0.3, -0.25) is 0 Å². The molecule has 4 aromatic rings. The molecule has 0 spiro atoms. The Balaban J connectivity index is 1.58. The topological polar surface area (TPSA) is 72.1 Å². The third kappa shape index (κ3) is 3.57. The Labute approximate surface area is 157 Å². The van der Waals surface area contributed by atoms with Gasteiger partial charge in [0.25, 0.3) is 6.01 Å². The van der Waals surface area contributed by atoms with Crippen LogP contribution in [0.25, 0.3) is 22.2 Å². The molecule has 0 aliphatic rings. The first-order valence-corrected chi connectivity index (χ1v) is 10.3. The number of rotatable bonds is 5. The molecule has 0 unspecified atom stereocenters. The van der Waals surface area contributed by atoms with Crippen LogP contribution in [-0.4, -0.2) is 24.1 Å². The average Bonchev–Trinajstić information content (AvgIpc) is 3.10. The monoisotopic (exact) mass is 378 g/mol. The fraction of sp³-hybridized carbons (Fsp3) is 0.0952. The highest BCUT2D eigenvalue weighted by molar-refractivity contribution is 7.91. The molecule has 1 heterocycles. The lowest BCUT2D eigenvalue weighted by atomic mass is 10.1. The molecular weight excluding hydrogens is 360 g/mol. The Morgan fingerprint density at radius 1 is 0.926 bits per heavy atom. The zero-order chi connectivity index (χ0) is 18.9. The maximum atomic E-state index is 12.0. The molecular formula is C21H18N2O3S. The first-order valence-electron chi connectivity index (χ1n) is 8.61. The van der Waals surface area contributed by atoms with E-state index in [0.29, 0.717) is 22.8 Å². The van der Waals surface area contributed by atoms with Gasteiger partial charge >= 0.3 is 0 Å². The standard InChI is InChI=1S/C21H18N2O3S/c1-2-27(24,25)18-12-13-19-20(14-18)23-21(22-19)26-17-10-8-16(9-11-17)15-6-4-3-5-7-15/h3-14H,2H2,1H3,(H,22,23). The van der Waals surface area contributed by atoms with Gasteiger partial charge in [0.2, 0.25) is 0 Å². The van der Waals surface area contributed by atoms with Crippen LogP contribution in [0.3, 0.4) is 0 Å². The number of benzene rings is 3. The van der Waals surface area contributed by atoms with Crippen molar-refractivity contribution in [3.05, 3.63) is 72.8 Å². The number of fused-ring (bicyclic) bond motifs is 1. The van der Waals surface area contributed by atoms with Gasteiger partial charge in [0.05, 0.1) is 21.7 Å². The molecule has 0 atom stereocenters. The average molecular weight is 378 g/mol. The van der Waals surface area contributed by atoms with Gasteiger partial charge < -0.3 is 9.72 Å². The van der Waals surface area contributed by atoms with E-state index in [4.69, 9.17) is 4.74 Å². The van der Waals surface area contributed by atoms with Crippen LogP contribution in [-0.2, 0) is 9.84 Å². The van der Waals surface area contributed by atoms with Crippen molar-refractivity contribution >= 4 is 20.9 Å². The second-order valence-corrected chi connectivity index (χ2v) is 8.40. The molecule has 0 saturated carbocycles. The van der Waals surface area contributed by atoms with Crippen LogP contribution in [0.15, 0.2) is 77.7 Å². The quantitative estimate of drug-likeness (QED) is 0.541. The third-order valence-electron chi connectivity index (χ3n) is 4.35. The fourth-order valence-electron chi connectivity index (χ4n) is 2.83. The van der Waals surface area contributed by atoms with E-state index in [0.717, 1.165) is 11.1 Å². The normalized spacial score (nSPS) is 11.6. The van der Waals surface area contributed by atoms with Gasteiger partial charge in [-0.1, -0.05) is 49.4 Å². The number of H-pyrrole nitrogens is 1. The number of nitrogens with zero attached hydrogens (tertiary/aromatic N) is 1. The van der Waals surface area contributed by atoms with Crippen LogP contribution in [0.2, 0.25) is 0 Å². The zero-order valence-electron chi connectivity index (χ0n) is 14.7. The summed E-state index contributed by atoms with van der Waals surface area (Å²) in [5.41, 5.74) is 3.51. The molecule has 1 N–H and O–H groups in total. The number of hydrogen-bond donors (Lipinski definition) is 1. The first-order chi connectivity index (χ1) is 13.0. The number of sulfone groups is 1. The lowest BCUT2D eigenvalue weighted by molar-refractivity contribution is 0.449. The molecule has 0 radical (unpaired) electrons. The number of aromatic amines is 1. The number of ether oxygens (including phenoxy) is 1. The molecule has 0 fully saturated rings. The molecule has 4 rings (SSSR count). The van der Waals surface area contributed by atoms with Crippen LogP contribution in [0.1, 0.15) is 6.92 Å². The zero-order valence-corrected chi connectivity index (χ0v) is 15.5. The highest BCUT2D eigenvalue weighted by Crippen LogP contribution is 2.26. The van der Waals surface area contributed by atoms with Gasteiger partial charge in [0, 0.05) is 0 Å². The van der Waals surface area contributed by atoms with Gasteiger partial charge in [-0.2, -0.15) is 4.98 Å². The van der Waals surface area contributed by atoms with Crippen molar-refractivity contribution in [1.82, 2.24) is 9.97 Å². The Kier molecular flexibility index (Phi) is 4.41. The summed E-state index contributed by atoms with van der Waals surface area (Å²) in [6.07, 6.45) is 0. The maximum absolute atomic E-state index is 12.0. The van der Waals surface area contributed by atoms with Gasteiger partial charge in [-0.15, -0.1) is 0 Å². The Morgan fingerprint density at radius 3 is 2.33 bits per heavy atom. The van der Waals surface area contributed by atoms with E-state index in [1.807, 2.05) is 42.5 Å². The Bertz CT molecular complexity index is 1180. The summed E-state index contributed by atoms with van der Waals surface area (Å²) in [6, 6.07) is 23.0. The Morgan fingerprint density at radius 2 is 1.63 bits per heavy atom. The molecule has 136 valence electrons. The van der Waals surface area contributed by atoms with Crippen molar-refractivity contribution in [1.29, 1.82) is 0 Å². The van der Waals surface area contributed by atoms with E-state index in [1.54, 1.807) is 25.1 Å². The number of imidazole rings is 1. The fourth-order valence-corrected chi connectivity index (χ4v) is 3.74. The highest BCUT2D eigenvalue weighted by Gasteiger charge is 2.14. The van der Waals surface area contributed by atoms with E-state index in [1.165, 1.54) is 0 Å². The second-order valence-electron chi connectivity index (χ2n) is 6.12. The predicted octanol–water partition coefficient (Wildman–Crippen LogP) is 4.82. The molecule has 0 bridgehead atoms. The van der Waals surface area contributed by atoms with E-state index in [-0.39, 0.29) is 10.6 Å². The lowest BCUT2D eigenvalue weighted by Gasteiger charge is -2.04. The van der Waals surface area contributed by atoms with Crippen LogP contribution >= 0.6 is 0 Å². The van der Waals surface area contributed by atoms with E-state index < -0.39 is 9.84 Å². The molecule has 5 nitrogen and oxygen atoms in total. The number of nitrogens with one attached hydrogen (secondary N) is 1. The second kappa shape index (κ2) is 6.89. The van der Waals surface area contributed by atoms with Crippen molar-refractivity contribution < 1.29 is 13.2 Å². The summed E-state index contributed by atoms with van der Waals surface area (Å²) in [4.78, 5) is 7.67.